The summed E-state index contributed by atoms with van der Waals surface area (Å²) in [6.45, 7) is 1.75. The van der Waals surface area contributed by atoms with E-state index < -0.39 is 0 Å². The zero-order valence-corrected chi connectivity index (χ0v) is 15.1. The molecule has 0 aliphatic carbocycles. The van der Waals surface area contributed by atoms with Gasteiger partial charge in [0.1, 0.15) is 0 Å². The van der Waals surface area contributed by atoms with Crippen molar-refractivity contribution in [2.24, 2.45) is 0 Å². The number of aromatic nitrogens is 1. The van der Waals surface area contributed by atoms with Crippen LogP contribution in [0.25, 0.3) is 0 Å². The normalized spacial score (nSPS) is 18.6. The second kappa shape index (κ2) is 6.96. The fraction of sp³-hybridized carbons (Fsp3) is 0.400. The van der Waals surface area contributed by atoms with E-state index in [0.29, 0.717) is 17.1 Å². The summed E-state index contributed by atoms with van der Waals surface area (Å²) in [5.74, 6) is 1.35. The average Bonchev–Trinajstić information content (AvgIpc) is 3.29. The fourth-order valence-corrected chi connectivity index (χ4v) is 3.61. The molecule has 1 unspecified atom stereocenters. The molecule has 0 spiro atoms. The Labute approximate surface area is 153 Å². The first-order chi connectivity index (χ1) is 12.6. The van der Waals surface area contributed by atoms with E-state index in [1.54, 1.807) is 18.2 Å². The van der Waals surface area contributed by atoms with Gasteiger partial charge in [-0.1, -0.05) is 6.07 Å². The van der Waals surface area contributed by atoms with Gasteiger partial charge >= 0.3 is 0 Å². The molecule has 2 aliphatic heterocycles. The quantitative estimate of drug-likeness (QED) is 0.846. The lowest BCUT2D eigenvalue weighted by molar-refractivity contribution is 0.0732. The van der Waals surface area contributed by atoms with Crippen LogP contribution in [0.1, 0.15) is 40.6 Å². The minimum atomic E-state index is 0.0191. The third-order valence-electron chi connectivity index (χ3n) is 4.78. The molecule has 0 saturated carbocycles. The Kier molecular flexibility index (Phi) is 4.51. The van der Waals surface area contributed by atoms with Crippen molar-refractivity contribution in [2.45, 2.75) is 25.4 Å². The Morgan fingerprint density at radius 3 is 2.92 bits per heavy atom. The van der Waals surface area contributed by atoms with Crippen molar-refractivity contribution in [3.05, 3.63) is 53.3 Å². The zero-order chi connectivity index (χ0) is 18.1. The monoisotopic (exact) mass is 353 g/mol. The fourth-order valence-electron chi connectivity index (χ4n) is 3.61. The Morgan fingerprint density at radius 1 is 1.23 bits per heavy atom. The van der Waals surface area contributed by atoms with E-state index in [-0.39, 0.29) is 18.7 Å². The number of hydrogen-bond acceptors (Lipinski definition) is 5. The van der Waals surface area contributed by atoms with Crippen molar-refractivity contribution in [1.29, 1.82) is 0 Å². The van der Waals surface area contributed by atoms with Gasteiger partial charge in [0, 0.05) is 18.7 Å². The van der Waals surface area contributed by atoms with Crippen molar-refractivity contribution in [3.8, 4) is 11.5 Å². The van der Waals surface area contributed by atoms with Crippen LogP contribution in [0.15, 0.2) is 36.4 Å². The topological polar surface area (TPSA) is 54.9 Å². The van der Waals surface area contributed by atoms with E-state index >= 15 is 0 Å². The number of ether oxygens (including phenoxy) is 2. The molecule has 6 nitrogen and oxygen atoms in total. The Morgan fingerprint density at radius 2 is 2.08 bits per heavy atom. The Bertz CT molecular complexity index is 822. The van der Waals surface area contributed by atoms with Crippen molar-refractivity contribution >= 4 is 5.91 Å². The maximum Gasteiger partial charge on any atom is 0.254 e. The van der Waals surface area contributed by atoms with Crippen LogP contribution in [0.4, 0.5) is 0 Å². The van der Waals surface area contributed by atoms with Crippen molar-refractivity contribution in [3.63, 3.8) is 0 Å². The standard InChI is InChI=1S/C20H23N3O3/c1-22(2)12-15-5-3-6-16(21-15)17-7-4-10-23(17)20(24)14-8-9-18-19(11-14)26-13-25-18/h3,5-6,8-9,11,17H,4,7,10,12-13H2,1-2H3. The summed E-state index contributed by atoms with van der Waals surface area (Å²) in [5.41, 5.74) is 2.62. The van der Waals surface area contributed by atoms with Crippen LogP contribution in [-0.2, 0) is 6.54 Å². The van der Waals surface area contributed by atoms with E-state index in [1.165, 1.54) is 0 Å². The van der Waals surface area contributed by atoms with Crippen LogP contribution >= 0.6 is 0 Å². The molecule has 136 valence electrons. The summed E-state index contributed by atoms with van der Waals surface area (Å²) in [6, 6.07) is 11.5. The summed E-state index contributed by atoms with van der Waals surface area (Å²) >= 11 is 0. The first-order valence-corrected chi connectivity index (χ1v) is 8.93. The molecule has 0 N–H and O–H groups in total. The molecule has 3 heterocycles. The van der Waals surface area contributed by atoms with Gasteiger partial charge in [-0.25, -0.2) is 0 Å². The summed E-state index contributed by atoms with van der Waals surface area (Å²) < 4.78 is 10.7. The van der Waals surface area contributed by atoms with Crippen LogP contribution in [0.5, 0.6) is 11.5 Å². The van der Waals surface area contributed by atoms with Gasteiger partial charge in [-0.05, 0) is 57.3 Å². The molecule has 1 aromatic carbocycles. The zero-order valence-electron chi connectivity index (χ0n) is 15.1. The molecular weight excluding hydrogens is 330 g/mol. The SMILES string of the molecule is CN(C)Cc1cccc(C2CCCN2C(=O)c2ccc3c(c2)OCO3)n1. The van der Waals surface area contributed by atoms with E-state index in [0.717, 1.165) is 37.3 Å². The van der Waals surface area contributed by atoms with E-state index in [1.807, 2.05) is 37.2 Å². The molecule has 2 aromatic rings. The predicted molar refractivity (Wildman–Crippen MR) is 97.2 cm³/mol. The summed E-state index contributed by atoms with van der Waals surface area (Å²) in [6.07, 6.45) is 1.93. The number of rotatable bonds is 4. The number of carbonyl (C=O) groups excluding carboxylic acids is 1. The highest BCUT2D eigenvalue weighted by molar-refractivity contribution is 5.95. The second-order valence-corrected chi connectivity index (χ2v) is 7.02. The van der Waals surface area contributed by atoms with E-state index in [9.17, 15) is 4.79 Å². The Balaban J connectivity index is 1.57. The van der Waals surface area contributed by atoms with Gasteiger partial charge < -0.3 is 19.3 Å². The predicted octanol–water partition coefficient (Wildman–Crippen LogP) is 2.85. The second-order valence-electron chi connectivity index (χ2n) is 7.02. The lowest BCUT2D eigenvalue weighted by atomic mass is 10.1. The van der Waals surface area contributed by atoms with Gasteiger partial charge in [0.25, 0.3) is 5.91 Å². The molecule has 1 amide bonds. The van der Waals surface area contributed by atoms with Crippen molar-refractivity contribution in [1.82, 2.24) is 14.8 Å². The molecule has 4 rings (SSSR count). The average molecular weight is 353 g/mol. The first kappa shape index (κ1) is 16.8. The molecule has 26 heavy (non-hydrogen) atoms. The summed E-state index contributed by atoms with van der Waals surface area (Å²) in [7, 11) is 4.05. The number of likely N-dealkylation sites (tertiary alicyclic amines) is 1. The van der Waals surface area contributed by atoms with E-state index in [4.69, 9.17) is 14.5 Å². The summed E-state index contributed by atoms with van der Waals surface area (Å²) in [5, 5.41) is 0. The van der Waals surface area contributed by atoms with Crippen LogP contribution in [0, 0.1) is 0 Å². The van der Waals surface area contributed by atoms with E-state index in [2.05, 4.69) is 4.90 Å². The highest BCUT2D eigenvalue weighted by Gasteiger charge is 2.32. The number of pyridine rings is 1. The molecule has 2 aliphatic rings. The number of benzene rings is 1. The number of amides is 1. The molecular formula is C20H23N3O3. The smallest absolute Gasteiger partial charge is 0.254 e. The van der Waals surface area contributed by atoms with Crippen LogP contribution in [0.3, 0.4) is 0 Å². The minimum absolute atomic E-state index is 0.0191. The largest absolute Gasteiger partial charge is 0.454 e. The van der Waals surface area contributed by atoms with Gasteiger partial charge in [0.05, 0.1) is 17.4 Å². The van der Waals surface area contributed by atoms with Gasteiger partial charge in [-0.3, -0.25) is 9.78 Å². The number of hydrogen-bond donors (Lipinski definition) is 0. The van der Waals surface area contributed by atoms with Gasteiger partial charge in [0.15, 0.2) is 11.5 Å². The highest BCUT2D eigenvalue weighted by Crippen LogP contribution is 2.36. The molecule has 1 fully saturated rings. The van der Waals surface area contributed by atoms with Crippen LogP contribution in [-0.4, -0.2) is 48.1 Å². The first-order valence-electron chi connectivity index (χ1n) is 8.93. The lowest BCUT2D eigenvalue weighted by Crippen LogP contribution is -2.31. The maximum absolute atomic E-state index is 13.1. The number of fused-ring (bicyclic) bond motifs is 1. The van der Waals surface area contributed by atoms with Gasteiger partial charge in [0.2, 0.25) is 6.79 Å². The third kappa shape index (κ3) is 3.24. The van der Waals surface area contributed by atoms with Crippen molar-refractivity contribution < 1.29 is 14.3 Å². The molecule has 1 saturated heterocycles. The highest BCUT2D eigenvalue weighted by atomic mass is 16.7. The van der Waals surface area contributed by atoms with Gasteiger partial charge in [-0.2, -0.15) is 0 Å². The van der Waals surface area contributed by atoms with Crippen LogP contribution in [0.2, 0.25) is 0 Å². The molecule has 1 atom stereocenters. The lowest BCUT2D eigenvalue weighted by Gasteiger charge is -2.25. The molecule has 6 heteroatoms. The Hall–Kier alpha value is -2.60. The number of nitrogens with zero attached hydrogens (tertiary/aromatic N) is 3. The molecule has 0 radical (unpaired) electrons. The number of carbonyl (C=O) groups is 1. The van der Waals surface area contributed by atoms with Crippen molar-refractivity contribution in [2.75, 3.05) is 27.4 Å². The van der Waals surface area contributed by atoms with Crippen LogP contribution < -0.4 is 9.47 Å². The van der Waals surface area contributed by atoms with Gasteiger partial charge in [-0.15, -0.1) is 0 Å². The maximum atomic E-state index is 13.1. The molecule has 0 bridgehead atoms. The molecule has 1 aromatic heterocycles. The summed E-state index contributed by atoms with van der Waals surface area (Å²) in [4.78, 5) is 21.9. The third-order valence-corrected chi connectivity index (χ3v) is 4.78. The minimum Gasteiger partial charge on any atom is -0.454 e.